The molecule has 0 unspecified atom stereocenters. The summed E-state index contributed by atoms with van der Waals surface area (Å²) in [5.74, 6) is -2.69. The SMILES string of the molecule is O=C(O)c1c(F)[nH]ccc1=O. The summed E-state index contributed by atoms with van der Waals surface area (Å²) in [5, 5.41) is 8.29. The summed E-state index contributed by atoms with van der Waals surface area (Å²) in [6, 6.07) is 0.951. The lowest BCUT2D eigenvalue weighted by atomic mass is 10.3. The van der Waals surface area contributed by atoms with Crippen LogP contribution in [0.15, 0.2) is 17.1 Å². The number of pyridine rings is 1. The molecule has 4 nitrogen and oxygen atoms in total. The Labute approximate surface area is 60.3 Å². The minimum Gasteiger partial charge on any atom is -0.477 e. The molecule has 0 aliphatic heterocycles. The Bertz CT molecular complexity index is 344. The van der Waals surface area contributed by atoms with Gasteiger partial charge in [-0.05, 0) is 0 Å². The van der Waals surface area contributed by atoms with Gasteiger partial charge in [-0.25, -0.2) is 4.79 Å². The molecule has 0 amide bonds. The number of aromatic nitrogens is 1. The van der Waals surface area contributed by atoms with E-state index in [4.69, 9.17) is 5.11 Å². The van der Waals surface area contributed by atoms with E-state index in [1.807, 2.05) is 4.98 Å². The summed E-state index contributed by atoms with van der Waals surface area (Å²) in [7, 11) is 0. The molecule has 0 aliphatic carbocycles. The van der Waals surface area contributed by atoms with Crippen molar-refractivity contribution >= 4 is 5.97 Å². The van der Waals surface area contributed by atoms with Crippen molar-refractivity contribution < 1.29 is 14.3 Å². The van der Waals surface area contributed by atoms with E-state index in [1.54, 1.807) is 0 Å². The third-order valence-corrected chi connectivity index (χ3v) is 1.12. The molecule has 0 spiro atoms. The van der Waals surface area contributed by atoms with Crippen LogP contribution in [0.25, 0.3) is 0 Å². The van der Waals surface area contributed by atoms with Gasteiger partial charge in [0.05, 0.1) is 0 Å². The molecule has 58 valence electrons. The normalized spacial score (nSPS) is 9.55. The van der Waals surface area contributed by atoms with Crippen LogP contribution < -0.4 is 5.43 Å². The number of halogens is 1. The highest BCUT2D eigenvalue weighted by atomic mass is 19.1. The largest absolute Gasteiger partial charge is 0.477 e. The molecule has 0 atom stereocenters. The molecule has 0 fully saturated rings. The summed E-state index contributed by atoms with van der Waals surface area (Å²) in [6.07, 6.45) is 1.05. The molecule has 1 heterocycles. The highest BCUT2D eigenvalue weighted by Gasteiger charge is 2.13. The average molecular weight is 157 g/mol. The predicted molar refractivity (Wildman–Crippen MR) is 34.0 cm³/mol. The molecule has 0 radical (unpaired) electrons. The van der Waals surface area contributed by atoms with Crippen LogP contribution in [0.1, 0.15) is 10.4 Å². The summed E-state index contributed by atoms with van der Waals surface area (Å²) in [4.78, 5) is 22.8. The first-order valence-electron chi connectivity index (χ1n) is 2.73. The number of hydrogen-bond acceptors (Lipinski definition) is 2. The summed E-state index contributed by atoms with van der Waals surface area (Å²) in [6.45, 7) is 0. The van der Waals surface area contributed by atoms with Crippen molar-refractivity contribution in [2.75, 3.05) is 0 Å². The van der Waals surface area contributed by atoms with Crippen molar-refractivity contribution in [1.29, 1.82) is 0 Å². The van der Waals surface area contributed by atoms with Crippen molar-refractivity contribution in [3.8, 4) is 0 Å². The highest BCUT2D eigenvalue weighted by Crippen LogP contribution is 1.95. The van der Waals surface area contributed by atoms with Gasteiger partial charge in [0.2, 0.25) is 5.95 Å². The first-order valence-corrected chi connectivity index (χ1v) is 2.73. The standard InChI is InChI=1S/C6H4FNO3/c7-5-4(6(10)11)3(9)1-2-8-5/h1-2H,(H,8,9)(H,10,11). The summed E-state index contributed by atoms with van der Waals surface area (Å²) in [5.41, 5.74) is -1.69. The van der Waals surface area contributed by atoms with Crippen LogP contribution >= 0.6 is 0 Å². The Hall–Kier alpha value is -1.65. The maximum Gasteiger partial charge on any atom is 0.344 e. The zero-order valence-corrected chi connectivity index (χ0v) is 5.30. The van der Waals surface area contributed by atoms with Crippen LogP contribution in [-0.4, -0.2) is 16.1 Å². The van der Waals surface area contributed by atoms with E-state index in [1.165, 1.54) is 0 Å². The second-order valence-electron chi connectivity index (χ2n) is 1.84. The van der Waals surface area contributed by atoms with Gasteiger partial charge in [0.1, 0.15) is 0 Å². The topological polar surface area (TPSA) is 70.2 Å². The van der Waals surface area contributed by atoms with Gasteiger partial charge >= 0.3 is 5.97 Å². The lowest BCUT2D eigenvalue weighted by Gasteiger charge is -1.92. The van der Waals surface area contributed by atoms with Crippen LogP contribution in [0.2, 0.25) is 0 Å². The van der Waals surface area contributed by atoms with Crippen LogP contribution in [-0.2, 0) is 0 Å². The smallest absolute Gasteiger partial charge is 0.344 e. The summed E-state index contributed by atoms with van der Waals surface area (Å²) >= 11 is 0. The Morgan fingerprint density at radius 3 is 2.64 bits per heavy atom. The third kappa shape index (κ3) is 1.26. The number of H-pyrrole nitrogens is 1. The fourth-order valence-corrected chi connectivity index (χ4v) is 0.653. The number of aromatic amines is 1. The zero-order valence-electron chi connectivity index (χ0n) is 5.30. The number of carboxylic acid groups (broad SMARTS) is 1. The molecule has 1 rings (SSSR count). The van der Waals surface area contributed by atoms with Crippen molar-refractivity contribution in [1.82, 2.24) is 4.98 Å². The van der Waals surface area contributed by atoms with Crippen LogP contribution in [0.3, 0.4) is 0 Å². The number of hydrogen-bond donors (Lipinski definition) is 2. The van der Waals surface area contributed by atoms with Crippen molar-refractivity contribution in [2.45, 2.75) is 0 Å². The Morgan fingerprint density at radius 2 is 2.27 bits per heavy atom. The maximum atomic E-state index is 12.5. The number of carbonyl (C=O) groups is 1. The molecule has 0 saturated heterocycles. The number of aromatic carboxylic acids is 1. The minimum absolute atomic E-state index is 0.839. The van der Waals surface area contributed by atoms with Gasteiger partial charge in [0.15, 0.2) is 11.0 Å². The van der Waals surface area contributed by atoms with E-state index < -0.39 is 22.9 Å². The van der Waals surface area contributed by atoms with Gasteiger partial charge in [-0.15, -0.1) is 0 Å². The lowest BCUT2D eigenvalue weighted by Crippen LogP contribution is -2.16. The van der Waals surface area contributed by atoms with E-state index in [-0.39, 0.29) is 0 Å². The van der Waals surface area contributed by atoms with E-state index in [2.05, 4.69) is 0 Å². The maximum absolute atomic E-state index is 12.5. The monoisotopic (exact) mass is 157 g/mol. The molecule has 1 aromatic rings. The molecular formula is C6H4FNO3. The van der Waals surface area contributed by atoms with Crippen LogP contribution in [0.5, 0.6) is 0 Å². The summed E-state index contributed by atoms with van der Waals surface area (Å²) < 4.78 is 12.5. The number of carboxylic acids is 1. The Kier molecular flexibility index (Phi) is 1.72. The van der Waals surface area contributed by atoms with Gasteiger partial charge in [0.25, 0.3) is 0 Å². The molecule has 0 bridgehead atoms. The van der Waals surface area contributed by atoms with Crippen LogP contribution in [0, 0.1) is 5.95 Å². The van der Waals surface area contributed by atoms with Gasteiger partial charge in [0, 0.05) is 12.3 Å². The van der Waals surface area contributed by atoms with Gasteiger partial charge in [-0.2, -0.15) is 4.39 Å². The van der Waals surface area contributed by atoms with E-state index in [0.29, 0.717) is 0 Å². The number of nitrogens with one attached hydrogen (secondary N) is 1. The first-order chi connectivity index (χ1) is 5.13. The molecular weight excluding hydrogens is 153 g/mol. The quantitative estimate of drug-likeness (QED) is 0.572. The van der Waals surface area contributed by atoms with E-state index >= 15 is 0 Å². The minimum atomic E-state index is -1.57. The van der Waals surface area contributed by atoms with Crippen molar-refractivity contribution in [2.24, 2.45) is 0 Å². The average Bonchev–Trinajstić information content (AvgIpc) is 1.85. The van der Waals surface area contributed by atoms with Gasteiger partial charge in [-0.3, -0.25) is 4.79 Å². The zero-order chi connectivity index (χ0) is 8.43. The van der Waals surface area contributed by atoms with Crippen LogP contribution in [0.4, 0.5) is 4.39 Å². The van der Waals surface area contributed by atoms with Crippen molar-refractivity contribution in [3.05, 3.63) is 34.0 Å². The molecule has 0 aliphatic rings. The lowest BCUT2D eigenvalue weighted by molar-refractivity contribution is 0.0689. The predicted octanol–water partition coefficient (Wildman–Crippen LogP) is 0.212. The highest BCUT2D eigenvalue weighted by molar-refractivity contribution is 5.87. The van der Waals surface area contributed by atoms with E-state index in [9.17, 15) is 14.0 Å². The van der Waals surface area contributed by atoms with Crippen molar-refractivity contribution in [3.63, 3.8) is 0 Å². The van der Waals surface area contributed by atoms with Gasteiger partial charge in [-0.1, -0.05) is 0 Å². The Morgan fingerprint density at radius 1 is 1.64 bits per heavy atom. The fourth-order valence-electron chi connectivity index (χ4n) is 0.653. The molecule has 2 N–H and O–H groups in total. The molecule has 0 saturated carbocycles. The third-order valence-electron chi connectivity index (χ3n) is 1.12. The second kappa shape index (κ2) is 2.53. The van der Waals surface area contributed by atoms with E-state index in [0.717, 1.165) is 12.3 Å². The first kappa shape index (κ1) is 7.46. The van der Waals surface area contributed by atoms with Gasteiger partial charge < -0.3 is 10.1 Å². The second-order valence-corrected chi connectivity index (χ2v) is 1.84. The molecule has 11 heavy (non-hydrogen) atoms. The molecule has 5 heteroatoms. The molecule has 1 aromatic heterocycles. The molecule has 0 aromatic carbocycles. The fraction of sp³-hybridized carbons (Fsp3) is 0. The Balaban J connectivity index is 3.45. The number of rotatable bonds is 1.